The molecule has 2 amide bonds. The summed E-state index contributed by atoms with van der Waals surface area (Å²) in [7, 11) is 1.72. The molecule has 1 aromatic carbocycles. The second-order valence-corrected chi connectivity index (χ2v) is 7.77. The minimum atomic E-state index is -0.407. The first kappa shape index (κ1) is 19.3. The minimum Gasteiger partial charge on any atom is -0.342 e. The quantitative estimate of drug-likeness (QED) is 0.657. The molecule has 3 aromatic rings. The Morgan fingerprint density at radius 3 is 2.74 bits per heavy atom. The fourth-order valence-electron chi connectivity index (χ4n) is 3.97. The maximum atomic E-state index is 13.0. The van der Waals surface area contributed by atoms with E-state index in [4.69, 9.17) is 4.74 Å². The van der Waals surface area contributed by atoms with Gasteiger partial charge in [-0.25, -0.2) is 9.37 Å². The van der Waals surface area contributed by atoms with Crippen molar-refractivity contribution in [2.24, 2.45) is 0 Å². The van der Waals surface area contributed by atoms with E-state index in [2.05, 4.69) is 15.3 Å². The van der Waals surface area contributed by atoms with Crippen LogP contribution in [0.3, 0.4) is 0 Å². The second kappa shape index (κ2) is 7.24. The predicted octanol–water partition coefficient (Wildman–Crippen LogP) is 3.26. The number of aryl methyl sites for hydroxylation is 1. The summed E-state index contributed by atoms with van der Waals surface area (Å²) in [6.07, 6.45) is 2.39. The van der Waals surface area contributed by atoms with Crippen LogP contribution < -0.4 is 5.32 Å². The van der Waals surface area contributed by atoms with Gasteiger partial charge in [0.05, 0.1) is 18.3 Å². The van der Waals surface area contributed by atoms with Crippen LogP contribution in [-0.2, 0) is 16.0 Å². The van der Waals surface area contributed by atoms with Crippen LogP contribution in [-0.4, -0.2) is 40.0 Å². The van der Waals surface area contributed by atoms with Gasteiger partial charge in [0.25, 0.3) is 5.91 Å². The Hall–Kier alpha value is -3.65. The summed E-state index contributed by atoms with van der Waals surface area (Å²) in [5, 5.41) is 2.79. The lowest BCUT2D eigenvalue weighted by molar-refractivity contribution is -0.115. The molecule has 5 rings (SSSR count). The fourth-order valence-corrected chi connectivity index (χ4v) is 3.97. The van der Waals surface area contributed by atoms with Gasteiger partial charge in [-0.3, -0.25) is 14.6 Å². The molecule has 0 radical (unpaired) electrons. The van der Waals surface area contributed by atoms with Crippen molar-refractivity contribution in [1.82, 2.24) is 14.9 Å². The van der Waals surface area contributed by atoms with E-state index in [9.17, 15) is 14.0 Å². The number of hydrogen-bond donors (Lipinski definition) is 1. The molecule has 2 unspecified atom stereocenters. The summed E-state index contributed by atoms with van der Waals surface area (Å²) in [5.41, 5.74) is 4.40. The third kappa shape index (κ3) is 3.55. The van der Waals surface area contributed by atoms with Crippen molar-refractivity contribution in [3.05, 3.63) is 76.9 Å². The molecule has 0 spiro atoms. The van der Waals surface area contributed by atoms with E-state index >= 15 is 0 Å². The molecule has 1 N–H and O–H groups in total. The summed E-state index contributed by atoms with van der Waals surface area (Å²) in [6, 6.07) is 10.1. The van der Waals surface area contributed by atoms with Crippen LogP contribution in [0.15, 0.2) is 48.8 Å². The zero-order valence-electron chi connectivity index (χ0n) is 16.9. The lowest BCUT2D eigenvalue weighted by Crippen LogP contribution is -2.34. The normalized spacial score (nSPS) is 18.9. The molecular weight excluding hydrogens is 399 g/mol. The number of nitrogens with one attached hydrogen (secondary N) is 1. The minimum absolute atomic E-state index is 0.0919. The van der Waals surface area contributed by atoms with E-state index in [1.807, 2.05) is 19.1 Å². The van der Waals surface area contributed by atoms with Crippen molar-refractivity contribution in [2.45, 2.75) is 25.7 Å². The Morgan fingerprint density at radius 2 is 2.03 bits per heavy atom. The molecular formula is C23H19FN4O3. The van der Waals surface area contributed by atoms with E-state index in [0.717, 1.165) is 22.9 Å². The SMILES string of the molecule is Cc1cc(CC(=O)Nc2ccc(-c3ccc(F)cn3)cn2)c2c(c1)C(=O)N(C)C1OC21. The largest absolute Gasteiger partial charge is 0.342 e. The van der Waals surface area contributed by atoms with Crippen molar-refractivity contribution in [2.75, 3.05) is 12.4 Å². The van der Waals surface area contributed by atoms with Gasteiger partial charge in [-0.1, -0.05) is 11.6 Å². The highest BCUT2D eigenvalue weighted by Gasteiger charge is 2.52. The van der Waals surface area contributed by atoms with E-state index in [1.54, 1.807) is 36.3 Å². The number of amides is 2. The molecule has 1 saturated heterocycles. The summed E-state index contributed by atoms with van der Waals surface area (Å²) in [4.78, 5) is 35.2. The average molecular weight is 418 g/mol. The van der Waals surface area contributed by atoms with Crippen molar-refractivity contribution < 1.29 is 18.7 Å². The van der Waals surface area contributed by atoms with E-state index in [-0.39, 0.29) is 30.6 Å². The van der Waals surface area contributed by atoms with E-state index < -0.39 is 5.82 Å². The number of likely N-dealkylation sites (N-methyl/N-ethyl adjacent to an activating group) is 1. The highest BCUT2D eigenvalue weighted by atomic mass is 19.1. The van der Waals surface area contributed by atoms with Crippen molar-refractivity contribution in [3.8, 4) is 11.3 Å². The molecule has 1 fully saturated rings. The Bertz CT molecular complexity index is 1190. The van der Waals surface area contributed by atoms with Crippen LogP contribution in [0.25, 0.3) is 11.3 Å². The number of carbonyl (C=O) groups excluding carboxylic acids is 2. The standard InChI is InChI=1S/C23H19FN4O3/c1-12-7-14(20-16(8-12)22(30)28(2)23-21(20)31-23)9-19(29)27-18-6-3-13(10-26-18)17-5-4-15(24)11-25-17/h3-8,10-11,21,23H,9H2,1-2H3,(H,26,27,29). The maximum absolute atomic E-state index is 13.0. The summed E-state index contributed by atoms with van der Waals surface area (Å²) in [6.45, 7) is 1.90. The summed E-state index contributed by atoms with van der Waals surface area (Å²) < 4.78 is 18.7. The number of epoxide rings is 1. The third-order valence-corrected chi connectivity index (χ3v) is 5.50. The monoisotopic (exact) mass is 418 g/mol. The Balaban J connectivity index is 1.33. The van der Waals surface area contributed by atoms with Gasteiger partial charge >= 0.3 is 0 Å². The van der Waals surface area contributed by atoms with Crippen molar-refractivity contribution in [3.63, 3.8) is 0 Å². The number of rotatable bonds is 4. The molecule has 7 nitrogen and oxygen atoms in total. The number of hydrogen-bond acceptors (Lipinski definition) is 5. The van der Waals surface area contributed by atoms with Crippen LogP contribution in [0.4, 0.5) is 10.2 Å². The molecule has 0 aliphatic carbocycles. The van der Waals surface area contributed by atoms with Gasteiger partial charge < -0.3 is 15.0 Å². The van der Waals surface area contributed by atoms with Crippen LogP contribution >= 0.6 is 0 Å². The number of nitrogens with zero attached hydrogens (tertiary/aromatic N) is 3. The third-order valence-electron chi connectivity index (χ3n) is 5.50. The lowest BCUT2D eigenvalue weighted by Gasteiger charge is -2.23. The molecule has 2 atom stereocenters. The van der Waals surface area contributed by atoms with Gasteiger partial charge in [0, 0.05) is 29.9 Å². The molecule has 2 aliphatic heterocycles. The number of anilines is 1. The highest BCUT2D eigenvalue weighted by Crippen LogP contribution is 2.48. The van der Waals surface area contributed by atoms with Gasteiger partial charge in [-0.15, -0.1) is 0 Å². The molecule has 31 heavy (non-hydrogen) atoms. The van der Waals surface area contributed by atoms with E-state index in [0.29, 0.717) is 22.6 Å². The first-order valence-corrected chi connectivity index (χ1v) is 9.84. The van der Waals surface area contributed by atoms with Crippen LogP contribution in [0, 0.1) is 12.7 Å². The Labute approximate surface area is 177 Å². The molecule has 2 aliphatic rings. The number of halogens is 1. The zero-order chi connectivity index (χ0) is 21.7. The van der Waals surface area contributed by atoms with E-state index in [1.165, 1.54) is 6.07 Å². The number of pyridine rings is 2. The topological polar surface area (TPSA) is 87.7 Å². The van der Waals surface area contributed by atoms with Crippen LogP contribution in [0.2, 0.25) is 0 Å². The zero-order valence-corrected chi connectivity index (χ0v) is 16.9. The van der Waals surface area contributed by atoms with Crippen LogP contribution in [0.1, 0.15) is 33.2 Å². The van der Waals surface area contributed by atoms with Gasteiger partial charge in [0.15, 0.2) is 6.23 Å². The average Bonchev–Trinajstić information content (AvgIpc) is 3.54. The van der Waals surface area contributed by atoms with Gasteiger partial charge in [-0.2, -0.15) is 0 Å². The maximum Gasteiger partial charge on any atom is 0.256 e. The second-order valence-electron chi connectivity index (χ2n) is 7.77. The number of carbonyl (C=O) groups is 2. The molecule has 2 aromatic heterocycles. The predicted molar refractivity (Wildman–Crippen MR) is 111 cm³/mol. The Kier molecular flexibility index (Phi) is 4.51. The molecule has 0 saturated carbocycles. The van der Waals surface area contributed by atoms with Gasteiger partial charge in [-0.05, 0) is 42.8 Å². The first-order valence-electron chi connectivity index (χ1n) is 9.84. The molecule has 0 bridgehead atoms. The van der Waals surface area contributed by atoms with Gasteiger partial charge in [0.1, 0.15) is 17.7 Å². The van der Waals surface area contributed by atoms with Crippen molar-refractivity contribution in [1.29, 1.82) is 0 Å². The highest BCUT2D eigenvalue weighted by molar-refractivity contribution is 5.99. The molecule has 8 heteroatoms. The summed E-state index contributed by atoms with van der Waals surface area (Å²) in [5.74, 6) is -0.341. The molecule has 156 valence electrons. The first-order chi connectivity index (χ1) is 14.9. The van der Waals surface area contributed by atoms with Crippen LogP contribution in [0.5, 0.6) is 0 Å². The van der Waals surface area contributed by atoms with Gasteiger partial charge in [0.2, 0.25) is 5.91 Å². The number of ether oxygens (including phenoxy) is 1. The Morgan fingerprint density at radius 1 is 1.19 bits per heavy atom. The fraction of sp³-hybridized carbons (Fsp3) is 0.217. The van der Waals surface area contributed by atoms with Crippen molar-refractivity contribution >= 4 is 17.6 Å². The lowest BCUT2D eigenvalue weighted by atomic mass is 9.90. The number of aromatic nitrogens is 2. The number of benzene rings is 1. The summed E-state index contributed by atoms with van der Waals surface area (Å²) >= 11 is 0. The number of fused-ring (bicyclic) bond motifs is 3. The smallest absolute Gasteiger partial charge is 0.256 e. The molecule has 4 heterocycles.